The van der Waals surface area contributed by atoms with Crippen molar-refractivity contribution in [1.82, 2.24) is 0 Å². The Morgan fingerprint density at radius 2 is 1.44 bits per heavy atom. The number of anilines is 1. The largest absolute Gasteiger partial charge is 0.497 e. The predicted molar refractivity (Wildman–Crippen MR) is 114 cm³/mol. The van der Waals surface area contributed by atoms with Crippen molar-refractivity contribution in [1.29, 1.82) is 0 Å². The zero-order chi connectivity index (χ0) is 22.4. The Bertz CT molecular complexity index is 1060. The van der Waals surface area contributed by atoms with Crippen molar-refractivity contribution in [2.45, 2.75) is 19.3 Å². The number of carbonyl (C=O) groups is 4. The second-order valence-electron chi connectivity index (χ2n) is 8.67. The van der Waals surface area contributed by atoms with Crippen LogP contribution in [0.15, 0.2) is 48.5 Å². The second-order valence-corrected chi connectivity index (χ2v) is 8.67. The molecular weight excluding hydrogens is 410 g/mol. The van der Waals surface area contributed by atoms with E-state index in [-0.39, 0.29) is 41.6 Å². The predicted octanol–water partition coefficient (Wildman–Crippen LogP) is 3.27. The van der Waals surface area contributed by atoms with E-state index in [4.69, 9.17) is 9.47 Å². The molecule has 2 aromatic carbocycles. The lowest BCUT2D eigenvalue weighted by Crippen LogP contribution is -2.32. The molecule has 0 radical (unpaired) electrons. The molecule has 1 heterocycles. The van der Waals surface area contributed by atoms with E-state index in [1.54, 1.807) is 36.4 Å². The summed E-state index contributed by atoms with van der Waals surface area (Å²) in [6.07, 6.45) is 3.04. The molecule has 2 bridgehead atoms. The van der Waals surface area contributed by atoms with Crippen LogP contribution in [0.4, 0.5) is 5.69 Å². The molecule has 7 heteroatoms. The molecule has 1 saturated heterocycles. The number of amides is 2. The number of fused-ring (bicyclic) bond motifs is 5. The third kappa shape index (κ3) is 3.28. The smallest absolute Gasteiger partial charge is 0.338 e. The van der Waals surface area contributed by atoms with E-state index < -0.39 is 5.97 Å². The summed E-state index contributed by atoms with van der Waals surface area (Å²) in [6, 6.07) is 12.7. The van der Waals surface area contributed by atoms with Gasteiger partial charge >= 0.3 is 5.97 Å². The van der Waals surface area contributed by atoms with Gasteiger partial charge in [0.1, 0.15) is 5.75 Å². The number of methoxy groups -OCH3 is 1. The monoisotopic (exact) mass is 433 g/mol. The zero-order valence-corrected chi connectivity index (χ0v) is 17.7. The van der Waals surface area contributed by atoms with E-state index in [0.717, 1.165) is 19.3 Å². The van der Waals surface area contributed by atoms with Gasteiger partial charge in [0.2, 0.25) is 11.8 Å². The van der Waals surface area contributed by atoms with Crippen LogP contribution in [0.25, 0.3) is 0 Å². The first-order valence-electron chi connectivity index (χ1n) is 10.8. The summed E-state index contributed by atoms with van der Waals surface area (Å²) in [4.78, 5) is 51.7. The lowest BCUT2D eigenvalue weighted by molar-refractivity contribution is -0.123. The van der Waals surface area contributed by atoms with Crippen molar-refractivity contribution >= 4 is 29.3 Å². The molecule has 5 rings (SSSR count). The molecule has 164 valence electrons. The van der Waals surface area contributed by atoms with Crippen LogP contribution in [0.3, 0.4) is 0 Å². The van der Waals surface area contributed by atoms with Crippen molar-refractivity contribution in [3.63, 3.8) is 0 Å². The summed E-state index contributed by atoms with van der Waals surface area (Å²) >= 11 is 0. The number of imide groups is 1. The molecule has 2 amide bonds. The van der Waals surface area contributed by atoms with Crippen LogP contribution in [0.2, 0.25) is 0 Å². The number of ether oxygens (including phenoxy) is 2. The van der Waals surface area contributed by atoms with Gasteiger partial charge in [0.25, 0.3) is 0 Å². The van der Waals surface area contributed by atoms with Crippen molar-refractivity contribution in [3.05, 3.63) is 59.7 Å². The van der Waals surface area contributed by atoms with Gasteiger partial charge in [-0.15, -0.1) is 0 Å². The summed E-state index contributed by atoms with van der Waals surface area (Å²) in [5.41, 5.74) is 1.13. The Hall–Kier alpha value is -3.48. The number of carbonyl (C=O) groups excluding carboxylic acids is 4. The zero-order valence-electron chi connectivity index (χ0n) is 17.7. The van der Waals surface area contributed by atoms with E-state index in [9.17, 15) is 19.2 Å². The van der Waals surface area contributed by atoms with Gasteiger partial charge in [-0.05, 0) is 79.6 Å². The fourth-order valence-electron chi connectivity index (χ4n) is 5.48. The fourth-order valence-corrected chi connectivity index (χ4v) is 5.48. The maximum absolute atomic E-state index is 12.9. The SMILES string of the molecule is COc1ccc(C(=O)COC(=O)c2ccc(N3C(=O)[C@H]4[C@H]5CC[C@@H](C5)[C@@H]4C3=O)cc2)cc1. The molecule has 3 aliphatic rings. The van der Waals surface area contributed by atoms with Crippen LogP contribution in [-0.2, 0) is 14.3 Å². The molecule has 0 aromatic heterocycles. The number of nitrogens with zero attached hydrogens (tertiary/aromatic N) is 1. The lowest BCUT2D eigenvalue weighted by Gasteiger charge is -2.19. The number of hydrogen-bond donors (Lipinski definition) is 0. The van der Waals surface area contributed by atoms with Crippen LogP contribution < -0.4 is 9.64 Å². The molecule has 4 atom stereocenters. The first-order valence-corrected chi connectivity index (χ1v) is 10.8. The minimum Gasteiger partial charge on any atom is -0.497 e. The molecule has 2 saturated carbocycles. The van der Waals surface area contributed by atoms with Gasteiger partial charge in [-0.1, -0.05) is 0 Å². The summed E-state index contributed by atoms with van der Waals surface area (Å²) in [6.45, 7) is -0.387. The summed E-state index contributed by atoms with van der Waals surface area (Å²) < 4.78 is 10.2. The Morgan fingerprint density at radius 3 is 2.00 bits per heavy atom. The highest BCUT2D eigenvalue weighted by Crippen LogP contribution is 2.56. The van der Waals surface area contributed by atoms with Crippen LogP contribution >= 0.6 is 0 Å². The molecule has 3 fully saturated rings. The quantitative estimate of drug-likeness (QED) is 0.395. The molecule has 32 heavy (non-hydrogen) atoms. The third-order valence-electron chi connectivity index (χ3n) is 7.04. The number of benzene rings is 2. The fraction of sp³-hybridized carbons (Fsp3) is 0.360. The molecule has 0 unspecified atom stereocenters. The van der Waals surface area contributed by atoms with Gasteiger partial charge < -0.3 is 9.47 Å². The highest BCUT2D eigenvalue weighted by molar-refractivity contribution is 6.22. The highest BCUT2D eigenvalue weighted by atomic mass is 16.5. The molecule has 2 aromatic rings. The van der Waals surface area contributed by atoms with Crippen LogP contribution in [0.5, 0.6) is 5.75 Å². The molecule has 7 nitrogen and oxygen atoms in total. The van der Waals surface area contributed by atoms with Crippen LogP contribution in [0, 0.1) is 23.7 Å². The number of Topliss-reactive ketones (excluding diaryl/α,β-unsaturated/α-hetero) is 1. The average Bonchev–Trinajstić information content (AvgIpc) is 3.51. The van der Waals surface area contributed by atoms with E-state index in [2.05, 4.69) is 0 Å². The Labute approximate surface area is 185 Å². The molecule has 0 spiro atoms. The summed E-state index contributed by atoms with van der Waals surface area (Å²) in [7, 11) is 1.54. The van der Waals surface area contributed by atoms with Crippen molar-refractivity contribution in [2.75, 3.05) is 18.6 Å². The first kappa shape index (κ1) is 20.4. The molecule has 2 aliphatic carbocycles. The van der Waals surface area contributed by atoms with Gasteiger partial charge in [-0.2, -0.15) is 0 Å². The van der Waals surface area contributed by atoms with Crippen molar-refractivity contribution in [3.8, 4) is 5.75 Å². The summed E-state index contributed by atoms with van der Waals surface area (Å²) in [5.74, 6) is -0.304. The average molecular weight is 433 g/mol. The number of esters is 1. The van der Waals surface area contributed by atoms with Gasteiger partial charge in [-0.25, -0.2) is 4.79 Å². The standard InChI is InChI=1S/C25H23NO6/c1-31-19-10-6-14(7-11-19)20(27)13-32-25(30)15-4-8-18(9-5-15)26-23(28)21-16-2-3-17(12-16)22(21)24(26)29/h4-11,16-17,21-22H,2-3,12-13H2,1H3/t16-,17-,21-,22-/m0/s1. The lowest BCUT2D eigenvalue weighted by atomic mass is 9.81. The van der Waals surface area contributed by atoms with E-state index in [1.165, 1.54) is 24.1 Å². The van der Waals surface area contributed by atoms with Gasteiger partial charge in [0.15, 0.2) is 12.4 Å². The maximum Gasteiger partial charge on any atom is 0.338 e. The van der Waals surface area contributed by atoms with Gasteiger partial charge in [0, 0.05) is 5.56 Å². The Morgan fingerprint density at radius 1 is 0.875 bits per heavy atom. The molecular formula is C25H23NO6. The van der Waals surface area contributed by atoms with Gasteiger partial charge in [0.05, 0.1) is 30.2 Å². The Balaban J connectivity index is 1.23. The number of ketones is 1. The molecule has 0 N–H and O–H groups in total. The van der Waals surface area contributed by atoms with E-state index in [1.807, 2.05) is 0 Å². The molecule has 1 aliphatic heterocycles. The third-order valence-corrected chi connectivity index (χ3v) is 7.04. The topological polar surface area (TPSA) is 90.0 Å². The van der Waals surface area contributed by atoms with Crippen molar-refractivity contribution in [2.24, 2.45) is 23.7 Å². The first-order chi connectivity index (χ1) is 15.5. The van der Waals surface area contributed by atoms with Gasteiger partial charge in [-0.3, -0.25) is 19.3 Å². The second kappa shape index (κ2) is 7.89. The normalized spacial score (nSPS) is 25.7. The Kier molecular flexibility index (Phi) is 5.04. The maximum atomic E-state index is 12.9. The minimum absolute atomic E-state index is 0.118. The number of hydrogen-bond acceptors (Lipinski definition) is 6. The summed E-state index contributed by atoms with van der Waals surface area (Å²) in [5, 5.41) is 0. The number of rotatable bonds is 6. The van der Waals surface area contributed by atoms with Crippen LogP contribution in [0.1, 0.15) is 40.0 Å². The highest BCUT2D eigenvalue weighted by Gasteiger charge is 2.61. The van der Waals surface area contributed by atoms with Crippen molar-refractivity contribution < 1.29 is 28.7 Å². The minimum atomic E-state index is -0.646. The van der Waals surface area contributed by atoms with E-state index in [0.29, 0.717) is 28.8 Å². The van der Waals surface area contributed by atoms with E-state index >= 15 is 0 Å². The van der Waals surface area contributed by atoms with Crippen LogP contribution in [-0.4, -0.2) is 37.3 Å².